The summed E-state index contributed by atoms with van der Waals surface area (Å²) in [7, 11) is 3.57. The SMILES string of the molecule is Cn1nccc1C(=O)NCC(=O)NCc1nc2ccccc2n1C. The molecule has 3 rings (SSSR count). The Morgan fingerprint density at radius 3 is 2.62 bits per heavy atom. The molecule has 2 amide bonds. The van der Waals surface area contributed by atoms with Crippen molar-refractivity contribution >= 4 is 22.8 Å². The van der Waals surface area contributed by atoms with Crippen LogP contribution in [0.15, 0.2) is 36.5 Å². The molecule has 0 bridgehead atoms. The topological polar surface area (TPSA) is 93.8 Å². The molecule has 3 aromatic rings. The molecule has 8 nitrogen and oxygen atoms in total. The number of nitrogens with zero attached hydrogens (tertiary/aromatic N) is 4. The first kappa shape index (κ1) is 15.7. The summed E-state index contributed by atoms with van der Waals surface area (Å²) < 4.78 is 3.39. The standard InChI is InChI=1S/C16H18N6O2/c1-21-12-6-4-3-5-11(12)20-14(21)9-17-15(23)10-18-16(24)13-7-8-19-22(13)2/h3-8H,9-10H2,1-2H3,(H,17,23)(H,18,24). The molecule has 1 aromatic carbocycles. The van der Waals surface area contributed by atoms with Crippen molar-refractivity contribution in [1.82, 2.24) is 30.0 Å². The van der Waals surface area contributed by atoms with Crippen LogP contribution in [-0.4, -0.2) is 37.7 Å². The van der Waals surface area contributed by atoms with Crippen LogP contribution in [0.25, 0.3) is 11.0 Å². The summed E-state index contributed by atoms with van der Waals surface area (Å²) in [5.74, 6) is 0.132. The molecule has 0 aliphatic heterocycles. The maximum absolute atomic E-state index is 11.9. The van der Waals surface area contributed by atoms with Gasteiger partial charge in [0.1, 0.15) is 11.5 Å². The Kier molecular flexibility index (Phi) is 4.28. The van der Waals surface area contributed by atoms with Crippen LogP contribution in [0.2, 0.25) is 0 Å². The van der Waals surface area contributed by atoms with Crippen LogP contribution in [0, 0.1) is 0 Å². The van der Waals surface area contributed by atoms with Crippen molar-refractivity contribution in [2.45, 2.75) is 6.54 Å². The van der Waals surface area contributed by atoms with Gasteiger partial charge in [0.15, 0.2) is 0 Å². The molecule has 0 saturated heterocycles. The minimum atomic E-state index is -0.340. The number of hydrogen-bond acceptors (Lipinski definition) is 4. The lowest BCUT2D eigenvalue weighted by atomic mass is 10.3. The van der Waals surface area contributed by atoms with Gasteiger partial charge >= 0.3 is 0 Å². The van der Waals surface area contributed by atoms with E-state index in [1.807, 2.05) is 35.9 Å². The number of hydrogen-bond donors (Lipinski definition) is 2. The summed E-state index contributed by atoms with van der Waals surface area (Å²) in [6.07, 6.45) is 1.53. The van der Waals surface area contributed by atoms with Crippen LogP contribution in [-0.2, 0) is 25.4 Å². The maximum atomic E-state index is 11.9. The number of nitrogens with one attached hydrogen (secondary N) is 2. The fraction of sp³-hybridized carbons (Fsp3) is 0.250. The number of carbonyl (C=O) groups excluding carboxylic acids is 2. The summed E-state index contributed by atoms with van der Waals surface area (Å²) in [4.78, 5) is 28.3. The summed E-state index contributed by atoms with van der Waals surface area (Å²) in [6, 6.07) is 9.36. The number of amides is 2. The molecule has 0 spiro atoms. The average molecular weight is 326 g/mol. The smallest absolute Gasteiger partial charge is 0.269 e. The second-order valence-electron chi connectivity index (χ2n) is 5.38. The van der Waals surface area contributed by atoms with Crippen LogP contribution in [0.5, 0.6) is 0 Å². The monoisotopic (exact) mass is 326 g/mol. The summed E-state index contributed by atoms with van der Waals surface area (Å²) in [5, 5.41) is 9.24. The van der Waals surface area contributed by atoms with Crippen molar-refractivity contribution in [3.63, 3.8) is 0 Å². The minimum Gasteiger partial charge on any atom is -0.347 e. The van der Waals surface area contributed by atoms with Crippen molar-refractivity contribution in [3.8, 4) is 0 Å². The largest absolute Gasteiger partial charge is 0.347 e. The van der Waals surface area contributed by atoms with E-state index >= 15 is 0 Å². The molecule has 124 valence electrons. The molecule has 2 N–H and O–H groups in total. The van der Waals surface area contributed by atoms with Crippen molar-refractivity contribution < 1.29 is 9.59 Å². The predicted molar refractivity (Wildman–Crippen MR) is 88.1 cm³/mol. The Morgan fingerprint density at radius 2 is 1.92 bits per heavy atom. The zero-order valence-electron chi connectivity index (χ0n) is 13.5. The molecule has 0 atom stereocenters. The highest BCUT2D eigenvalue weighted by molar-refractivity contribution is 5.95. The molecule has 2 heterocycles. The number of para-hydroxylation sites is 2. The Labute approximate surface area is 138 Å². The molecule has 0 fully saturated rings. The lowest BCUT2D eigenvalue weighted by molar-refractivity contribution is -0.120. The Balaban J connectivity index is 1.54. The third kappa shape index (κ3) is 3.12. The number of fused-ring (bicyclic) bond motifs is 1. The number of aromatic nitrogens is 4. The third-order valence-electron chi connectivity index (χ3n) is 3.79. The molecular formula is C16H18N6O2. The molecule has 2 aromatic heterocycles. The first-order chi connectivity index (χ1) is 11.6. The normalized spacial score (nSPS) is 10.8. The van der Waals surface area contributed by atoms with E-state index in [4.69, 9.17) is 0 Å². The van der Waals surface area contributed by atoms with Crippen molar-refractivity contribution in [1.29, 1.82) is 0 Å². The molecule has 0 aliphatic carbocycles. The highest BCUT2D eigenvalue weighted by atomic mass is 16.2. The van der Waals surface area contributed by atoms with Crippen LogP contribution in [0.1, 0.15) is 16.3 Å². The van der Waals surface area contributed by atoms with Crippen LogP contribution < -0.4 is 10.6 Å². The van der Waals surface area contributed by atoms with Crippen molar-refractivity contribution in [3.05, 3.63) is 48.0 Å². The van der Waals surface area contributed by atoms with Gasteiger partial charge in [-0.2, -0.15) is 5.10 Å². The fourth-order valence-corrected chi connectivity index (χ4v) is 2.44. The molecule has 0 saturated carbocycles. The minimum absolute atomic E-state index is 0.103. The van der Waals surface area contributed by atoms with E-state index in [0.717, 1.165) is 16.9 Å². The molecule has 24 heavy (non-hydrogen) atoms. The van der Waals surface area contributed by atoms with E-state index in [9.17, 15) is 9.59 Å². The highest BCUT2D eigenvalue weighted by Crippen LogP contribution is 2.13. The van der Waals surface area contributed by atoms with E-state index in [-0.39, 0.29) is 18.4 Å². The summed E-state index contributed by atoms with van der Waals surface area (Å²) in [5.41, 5.74) is 2.29. The van der Waals surface area contributed by atoms with Gasteiger partial charge in [0.25, 0.3) is 5.91 Å². The Hall–Kier alpha value is -3.16. The molecular weight excluding hydrogens is 308 g/mol. The quantitative estimate of drug-likeness (QED) is 0.707. The van der Waals surface area contributed by atoms with E-state index in [2.05, 4.69) is 20.7 Å². The van der Waals surface area contributed by atoms with E-state index in [0.29, 0.717) is 12.2 Å². The van der Waals surface area contributed by atoms with Gasteiger partial charge in [-0.25, -0.2) is 4.98 Å². The first-order valence-electron chi connectivity index (χ1n) is 7.49. The van der Waals surface area contributed by atoms with Gasteiger partial charge in [-0.05, 0) is 18.2 Å². The zero-order chi connectivity index (χ0) is 17.1. The average Bonchev–Trinajstić information content (AvgIpc) is 3.15. The number of imidazole rings is 1. The lowest BCUT2D eigenvalue weighted by Crippen LogP contribution is -2.37. The van der Waals surface area contributed by atoms with Gasteiger partial charge < -0.3 is 15.2 Å². The van der Waals surface area contributed by atoms with Crippen LogP contribution in [0.3, 0.4) is 0 Å². The van der Waals surface area contributed by atoms with Gasteiger partial charge in [-0.1, -0.05) is 12.1 Å². The molecule has 0 radical (unpaired) electrons. The molecule has 0 unspecified atom stereocenters. The number of carbonyl (C=O) groups is 2. The summed E-state index contributed by atoms with van der Waals surface area (Å²) >= 11 is 0. The zero-order valence-corrected chi connectivity index (χ0v) is 13.5. The lowest BCUT2D eigenvalue weighted by Gasteiger charge is -2.07. The van der Waals surface area contributed by atoms with E-state index < -0.39 is 0 Å². The number of aryl methyl sites for hydroxylation is 2. The van der Waals surface area contributed by atoms with Crippen molar-refractivity contribution in [2.24, 2.45) is 14.1 Å². The fourth-order valence-electron chi connectivity index (χ4n) is 2.44. The number of benzene rings is 1. The maximum Gasteiger partial charge on any atom is 0.269 e. The molecule has 0 aliphatic rings. The Bertz CT molecular complexity index is 895. The van der Waals surface area contributed by atoms with E-state index in [1.54, 1.807) is 13.1 Å². The van der Waals surface area contributed by atoms with Gasteiger partial charge in [0, 0.05) is 20.3 Å². The molecule has 8 heteroatoms. The second-order valence-corrected chi connectivity index (χ2v) is 5.38. The number of rotatable bonds is 5. The van der Waals surface area contributed by atoms with Gasteiger partial charge in [-0.3, -0.25) is 14.3 Å². The van der Waals surface area contributed by atoms with Crippen LogP contribution in [0.4, 0.5) is 0 Å². The van der Waals surface area contributed by atoms with Crippen molar-refractivity contribution in [2.75, 3.05) is 6.54 Å². The van der Waals surface area contributed by atoms with Gasteiger partial charge in [0.2, 0.25) is 5.91 Å². The predicted octanol–water partition coefficient (Wildman–Crippen LogP) is 0.353. The first-order valence-corrected chi connectivity index (χ1v) is 7.49. The highest BCUT2D eigenvalue weighted by Gasteiger charge is 2.12. The van der Waals surface area contributed by atoms with E-state index in [1.165, 1.54) is 10.9 Å². The second kappa shape index (κ2) is 6.53. The third-order valence-corrected chi connectivity index (χ3v) is 3.79. The Morgan fingerprint density at radius 1 is 1.12 bits per heavy atom. The van der Waals surface area contributed by atoms with Gasteiger partial charge in [-0.15, -0.1) is 0 Å². The summed E-state index contributed by atoms with van der Waals surface area (Å²) in [6.45, 7) is 0.194. The van der Waals surface area contributed by atoms with Gasteiger partial charge in [0.05, 0.1) is 24.1 Å². The van der Waals surface area contributed by atoms with Crippen LogP contribution >= 0.6 is 0 Å².